The second-order valence-electron chi connectivity index (χ2n) is 5.50. The van der Waals surface area contributed by atoms with E-state index in [2.05, 4.69) is 9.88 Å². The van der Waals surface area contributed by atoms with E-state index in [1.165, 1.54) is 0 Å². The summed E-state index contributed by atoms with van der Waals surface area (Å²) in [5, 5.41) is 18.7. The molecule has 0 bridgehead atoms. The van der Waals surface area contributed by atoms with Crippen molar-refractivity contribution in [3.05, 3.63) is 35.8 Å². The maximum atomic E-state index is 11.2. The van der Waals surface area contributed by atoms with E-state index < -0.39 is 5.97 Å². The molecule has 0 atom stereocenters. The Labute approximate surface area is 122 Å². The predicted molar refractivity (Wildman–Crippen MR) is 77.5 cm³/mol. The van der Waals surface area contributed by atoms with Gasteiger partial charge in [-0.1, -0.05) is 6.07 Å². The molecule has 6 heteroatoms. The third-order valence-electron chi connectivity index (χ3n) is 4.00. The topological polar surface area (TPSA) is 78.1 Å². The zero-order valence-corrected chi connectivity index (χ0v) is 11.8. The highest BCUT2D eigenvalue weighted by Gasteiger charge is 2.17. The van der Waals surface area contributed by atoms with Gasteiger partial charge in [0.2, 0.25) is 0 Å². The van der Waals surface area contributed by atoms with Gasteiger partial charge in [0.05, 0.1) is 11.8 Å². The maximum absolute atomic E-state index is 11.2. The van der Waals surface area contributed by atoms with Crippen molar-refractivity contribution in [3.8, 4) is 0 Å². The van der Waals surface area contributed by atoms with Crippen LogP contribution in [0.4, 0.5) is 0 Å². The summed E-state index contributed by atoms with van der Waals surface area (Å²) in [5.74, 6) is -0.949. The number of hydrogen-bond acceptors (Lipinski definition) is 4. The first-order chi connectivity index (χ1) is 10.1. The van der Waals surface area contributed by atoms with Crippen molar-refractivity contribution in [1.29, 1.82) is 0 Å². The molecule has 3 heterocycles. The lowest BCUT2D eigenvalue weighted by molar-refractivity contribution is 0.0688. The number of piperidine rings is 1. The Kier molecular flexibility index (Phi) is 3.90. The van der Waals surface area contributed by atoms with E-state index in [0.29, 0.717) is 5.65 Å². The zero-order valence-electron chi connectivity index (χ0n) is 11.8. The Morgan fingerprint density at radius 1 is 1.33 bits per heavy atom. The van der Waals surface area contributed by atoms with Crippen LogP contribution in [0.15, 0.2) is 24.4 Å². The van der Waals surface area contributed by atoms with Gasteiger partial charge in [0.25, 0.3) is 0 Å². The van der Waals surface area contributed by atoms with Crippen LogP contribution in [0.5, 0.6) is 0 Å². The lowest BCUT2D eigenvalue weighted by Gasteiger charge is -2.29. The van der Waals surface area contributed by atoms with Gasteiger partial charge in [-0.2, -0.15) is 0 Å². The molecule has 0 saturated carbocycles. The number of aromatic carboxylic acids is 1. The minimum absolute atomic E-state index is 0.158. The first kappa shape index (κ1) is 14.0. The fourth-order valence-corrected chi connectivity index (χ4v) is 2.77. The number of rotatable bonds is 4. The molecule has 1 saturated heterocycles. The number of nitrogens with zero attached hydrogens (tertiary/aromatic N) is 3. The molecule has 0 aromatic carbocycles. The molecule has 0 amide bonds. The van der Waals surface area contributed by atoms with Crippen LogP contribution in [-0.4, -0.2) is 56.2 Å². The van der Waals surface area contributed by atoms with Crippen molar-refractivity contribution in [2.45, 2.75) is 25.4 Å². The average molecular weight is 289 g/mol. The largest absolute Gasteiger partial charge is 0.477 e. The van der Waals surface area contributed by atoms with Gasteiger partial charge in [0.1, 0.15) is 11.3 Å². The van der Waals surface area contributed by atoms with Crippen LogP contribution < -0.4 is 0 Å². The van der Waals surface area contributed by atoms with Crippen LogP contribution in [-0.2, 0) is 6.42 Å². The Bertz CT molecular complexity index is 645. The monoisotopic (exact) mass is 289 g/mol. The molecule has 0 unspecified atom stereocenters. The van der Waals surface area contributed by atoms with Crippen LogP contribution in [0.25, 0.3) is 5.65 Å². The minimum atomic E-state index is -0.949. The van der Waals surface area contributed by atoms with E-state index in [0.717, 1.165) is 44.6 Å². The molecule has 2 aromatic heterocycles. The minimum Gasteiger partial charge on any atom is -0.477 e. The van der Waals surface area contributed by atoms with Crippen LogP contribution in [0.2, 0.25) is 0 Å². The van der Waals surface area contributed by atoms with Crippen molar-refractivity contribution in [3.63, 3.8) is 0 Å². The molecular formula is C15H19N3O3. The number of aliphatic hydroxyl groups excluding tert-OH is 1. The van der Waals surface area contributed by atoms with Crippen molar-refractivity contribution in [2.75, 3.05) is 19.6 Å². The summed E-state index contributed by atoms with van der Waals surface area (Å²) in [7, 11) is 0. The number of hydrogen-bond donors (Lipinski definition) is 2. The lowest BCUT2D eigenvalue weighted by atomic mass is 10.1. The molecule has 0 spiro atoms. The number of pyridine rings is 1. The highest BCUT2D eigenvalue weighted by atomic mass is 16.4. The molecule has 112 valence electrons. The number of carbonyl (C=O) groups is 1. The first-order valence-corrected chi connectivity index (χ1v) is 7.24. The Balaban J connectivity index is 1.70. The molecule has 0 aliphatic carbocycles. The highest BCUT2D eigenvalue weighted by Crippen LogP contribution is 2.13. The summed E-state index contributed by atoms with van der Waals surface area (Å²) in [4.78, 5) is 18.0. The molecule has 2 N–H and O–H groups in total. The quantitative estimate of drug-likeness (QED) is 0.879. The Morgan fingerprint density at radius 3 is 2.81 bits per heavy atom. The Morgan fingerprint density at radius 2 is 2.10 bits per heavy atom. The molecule has 0 radical (unpaired) electrons. The van der Waals surface area contributed by atoms with Crippen molar-refractivity contribution >= 4 is 11.6 Å². The summed E-state index contributed by atoms with van der Waals surface area (Å²) in [6, 6.07) is 5.10. The van der Waals surface area contributed by atoms with Gasteiger partial charge < -0.3 is 15.1 Å². The second kappa shape index (κ2) is 5.83. The van der Waals surface area contributed by atoms with E-state index in [-0.39, 0.29) is 11.8 Å². The Hall–Kier alpha value is -1.92. The maximum Gasteiger partial charge on any atom is 0.352 e. The average Bonchev–Trinajstić information content (AvgIpc) is 2.89. The molecule has 6 nitrogen and oxygen atoms in total. The summed E-state index contributed by atoms with van der Waals surface area (Å²) in [6.45, 7) is 2.71. The van der Waals surface area contributed by atoms with E-state index in [4.69, 9.17) is 0 Å². The SMILES string of the molecule is O=C(O)c1cccc2nc(CCN3CCC(O)CC3)cn12. The molecule has 1 fully saturated rings. The van der Waals surface area contributed by atoms with Gasteiger partial charge in [-0.3, -0.25) is 4.40 Å². The summed E-state index contributed by atoms with van der Waals surface area (Å²) in [6.07, 6.45) is 4.09. The molecule has 1 aliphatic heterocycles. The number of fused-ring (bicyclic) bond motifs is 1. The fourth-order valence-electron chi connectivity index (χ4n) is 2.77. The van der Waals surface area contributed by atoms with E-state index in [1.54, 1.807) is 22.7 Å². The lowest BCUT2D eigenvalue weighted by Crippen LogP contribution is -2.37. The van der Waals surface area contributed by atoms with Crippen LogP contribution in [0.1, 0.15) is 29.0 Å². The van der Waals surface area contributed by atoms with Gasteiger partial charge in [0, 0.05) is 32.3 Å². The van der Waals surface area contributed by atoms with Gasteiger partial charge in [-0.15, -0.1) is 0 Å². The predicted octanol–water partition coefficient (Wildman–Crippen LogP) is 1.03. The number of aromatic nitrogens is 2. The van der Waals surface area contributed by atoms with Gasteiger partial charge >= 0.3 is 5.97 Å². The molecular weight excluding hydrogens is 270 g/mol. The number of imidazole rings is 1. The number of carboxylic acids is 1. The van der Waals surface area contributed by atoms with Gasteiger partial charge in [0.15, 0.2) is 0 Å². The second-order valence-corrected chi connectivity index (χ2v) is 5.50. The smallest absolute Gasteiger partial charge is 0.352 e. The van der Waals surface area contributed by atoms with E-state index in [9.17, 15) is 15.0 Å². The van der Waals surface area contributed by atoms with E-state index >= 15 is 0 Å². The van der Waals surface area contributed by atoms with Crippen molar-refractivity contribution < 1.29 is 15.0 Å². The van der Waals surface area contributed by atoms with Gasteiger partial charge in [-0.25, -0.2) is 9.78 Å². The summed E-state index contributed by atoms with van der Waals surface area (Å²) < 4.78 is 1.62. The number of likely N-dealkylation sites (tertiary alicyclic amines) is 1. The molecule has 2 aromatic rings. The van der Waals surface area contributed by atoms with E-state index in [1.807, 2.05) is 6.07 Å². The fraction of sp³-hybridized carbons (Fsp3) is 0.467. The van der Waals surface area contributed by atoms with Crippen LogP contribution in [0, 0.1) is 0 Å². The zero-order chi connectivity index (χ0) is 14.8. The standard InChI is InChI=1S/C15H19N3O3/c19-12-5-8-17(9-6-12)7-4-11-10-18-13(15(20)21)2-1-3-14(18)16-11/h1-3,10,12,19H,4-9H2,(H,20,21). The third kappa shape index (κ3) is 3.06. The third-order valence-corrected chi connectivity index (χ3v) is 4.00. The number of carboxylic acid groups (broad SMARTS) is 1. The summed E-state index contributed by atoms with van der Waals surface area (Å²) >= 11 is 0. The van der Waals surface area contributed by atoms with Gasteiger partial charge in [-0.05, 0) is 25.0 Å². The number of aliphatic hydroxyl groups is 1. The van der Waals surface area contributed by atoms with Crippen LogP contribution in [0.3, 0.4) is 0 Å². The molecule has 3 rings (SSSR count). The van der Waals surface area contributed by atoms with Crippen molar-refractivity contribution in [2.24, 2.45) is 0 Å². The normalized spacial score (nSPS) is 17.4. The molecule has 1 aliphatic rings. The van der Waals surface area contributed by atoms with Crippen molar-refractivity contribution in [1.82, 2.24) is 14.3 Å². The highest BCUT2D eigenvalue weighted by molar-refractivity contribution is 5.86. The summed E-state index contributed by atoms with van der Waals surface area (Å²) in [5.41, 5.74) is 1.79. The van der Waals surface area contributed by atoms with Crippen LogP contribution >= 0.6 is 0 Å². The first-order valence-electron chi connectivity index (χ1n) is 7.24. The molecule has 21 heavy (non-hydrogen) atoms.